The third kappa shape index (κ3) is 7.80. The molecule has 5 aromatic rings. The zero-order chi connectivity index (χ0) is 45.4. The van der Waals surface area contributed by atoms with Crippen LogP contribution in [-0.2, 0) is 39.3 Å². The van der Waals surface area contributed by atoms with Gasteiger partial charge in [0.2, 0.25) is 11.2 Å². The molecule has 330 valence electrons. The number of aromatic nitrogens is 6. The van der Waals surface area contributed by atoms with Crippen LogP contribution in [0.15, 0.2) is 67.3 Å². The van der Waals surface area contributed by atoms with E-state index in [1.807, 2.05) is 12.1 Å². The summed E-state index contributed by atoms with van der Waals surface area (Å²) in [5, 5.41) is 83.2. The van der Waals surface area contributed by atoms with Crippen molar-refractivity contribution < 1.29 is 58.2 Å². The van der Waals surface area contributed by atoms with E-state index in [0.717, 1.165) is 0 Å². The zero-order valence-electron chi connectivity index (χ0n) is 34.0. The minimum absolute atomic E-state index is 0.0811. The van der Waals surface area contributed by atoms with Crippen LogP contribution in [0, 0.1) is 22.7 Å². The van der Waals surface area contributed by atoms with Crippen molar-refractivity contribution in [2.24, 2.45) is 0 Å². The lowest BCUT2D eigenvalue weighted by Gasteiger charge is -2.33. The van der Waals surface area contributed by atoms with Gasteiger partial charge in [0, 0.05) is 0 Å². The van der Waals surface area contributed by atoms with E-state index in [2.05, 4.69) is 25.3 Å². The van der Waals surface area contributed by atoms with Gasteiger partial charge in [-0.2, -0.15) is 25.8 Å². The van der Waals surface area contributed by atoms with Gasteiger partial charge >= 0.3 is 13.7 Å². The Labute approximate surface area is 353 Å². The smallest absolute Gasteiger partial charge is 0.459 e. The first kappa shape index (κ1) is 45.7. The van der Waals surface area contributed by atoms with Crippen LogP contribution in [0.3, 0.4) is 0 Å². The first-order chi connectivity index (χ1) is 29.2. The summed E-state index contributed by atoms with van der Waals surface area (Å²) in [4.78, 5) is 20.2. The molecule has 62 heavy (non-hydrogen) atoms. The van der Waals surface area contributed by atoms with Crippen LogP contribution >= 0.6 is 7.75 Å². The molecule has 0 unspecified atom stereocenters. The highest BCUT2D eigenvalue weighted by molar-refractivity contribution is 7.52. The van der Waals surface area contributed by atoms with E-state index in [4.69, 9.17) is 34.7 Å². The Bertz CT molecular complexity index is 2560. The van der Waals surface area contributed by atoms with E-state index in [1.165, 1.54) is 66.7 Å². The molecule has 2 aliphatic heterocycles. The minimum Gasteiger partial charge on any atom is -0.462 e. The highest BCUT2D eigenvalue weighted by Gasteiger charge is 2.66. The minimum atomic E-state index is -4.32. The fourth-order valence-corrected chi connectivity index (χ4v) is 8.70. The third-order valence-corrected chi connectivity index (χ3v) is 12.2. The number of rotatable bonds is 12. The molecule has 2 fully saturated rings. The number of nitrogens with two attached hydrogens (primary N) is 2. The van der Waals surface area contributed by atoms with Crippen LogP contribution in [0.25, 0.3) is 11.0 Å². The number of aliphatic hydroxyl groups excluding tert-OH is 3. The van der Waals surface area contributed by atoms with Crippen molar-refractivity contribution in [3.05, 3.63) is 78.6 Å². The van der Waals surface area contributed by atoms with Crippen molar-refractivity contribution in [1.82, 2.24) is 34.3 Å². The molecule has 0 amide bonds. The Morgan fingerprint density at radius 2 is 1.35 bits per heavy atom. The van der Waals surface area contributed by atoms with Crippen molar-refractivity contribution in [3.63, 3.8) is 0 Å². The van der Waals surface area contributed by atoms with Crippen LogP contribution in [-0.4, -0.2) is 122 Å². The Kier molecular flexibility index (Phi) is 12.6. The van der Waals surface area contributed by atoms with Gasteiger partial charge in [0.1, 0.15) is 83.2 Å². The second-order valence-corrected chi connectivity index (χ2v) is 16.8. The highest BCUT2D eigenvalue weighted by atomic mass is 31.2. The molecular weight excluding hydrogens is 833 g/mol. The highest BCUT2D eigenvalue weighted by Crippen LogP contribution is 2.51. The van der Waals surface area contributed by atoms with Gasteiger partial charge in [0.25, 0.3) is 0 Å². The molecule has 6 heterocycles. The lowest BCUT2D eigenvalue weighted by atomic mass is 9.80. The van der Waals surface area contributed by atoms with E-state index in [1.54, 1.807) is 44.2 Å². The largest absolute Gasteiger partial charge is 0.462 e. The number of nitrogens with one attached hydrogen (secondary N) is 1. The fourth-order valence-electron chi connectivity index (χ4n) is 7.20. The maximum absolute atomic E-state index is 13.8. The van der Waals surface area contributed by atoms with Crippen molar-refractivity contribution >= 4 is 36.4 Å². The first-order valence-corrected chi connectivity index (χ1v) is 20.5. The Balaban J connectivity index is 0.000000245. The van der Waals surface area contributed by atoms with E-state index >= 15 is 0 Å². The quantitative estimate of drug-likeness (QED) is 0.0613. The van der Waals surface area contributed by atoms with Crippen LogP contribution in [0.1, 0.15) is 46.0 Å². The second kappa shape index (κ2) is 17.2. The molecule has 0 saturated carbocycles. The van der Waals surface area contributed by atoms with E-state index in [-0.39, 0.29) is 28.8 Å². The Morgan fingerprint density at radius 1 is 0.871 bits per heavy atom. The molecule has 4 aromatic heterocycles. The molecule has 10 N–H and O–H groups in total. The SMILES string of the molecule is CC(C)OC(=O)[C@H](C)N[P@](=O)(OC[C@H]1O[C@@](C#N)(c2ccc3c(N)ncnn23)[C@](C)(O)[C@@H]1O)Oc1ccccc1.C[C@@]1(O)[C@H](O)[C@@H](CO)O[C@@]1(C#N)c1ccc2c(N)ncnn12. The number of carbonyl (C=O) groups is 1. The number of nitrogens with zero attached hydrogens (tertiary/aromatic N) is 8. The maximum Gasteiger partial charge on any atom is 0.459 e. The van der Waals surface area contributed by atoms with Gasteiger partial charge in [0.05, 0.1) is 30.7 Å². The molecular formula is C38H46N11O12P. The number of ether oxygens (including phenoxy) is 3. The van der Waals surface area contributed by atoms with Crippen molar-refractivity contribution in [2.45, 2.75) is 93.6 Å². The van der Waals surface area contributed by atoms with Crippen molar-refractivity contribution in [1.29, 1.82) is 10.5 Å². The summed E-state index contributed by atoms with van der Waals surface area (Å²) in [7, 11) is -4.32. The predicted octanol–water partition coefficient (Wildman–Crippen LogP) is 0.208. The summed E-state index contributed by atoms with van der Waals surface area (Å²) in [6.07, 6.45) is -3.63. The fraction of sp³-hybridized carbons (Fsp3) is 0.447. The van der Waals surface area contributed by atoms with Crippen LogP contribution in [0.2, 0.25) is 0 Å². The zero-order valence-corrected chi connectivity index (χ0v) is 34.9. The van der Waals surface area contributed by atoms with Crippen LogP contribution in [0.5, 0.6) is 5.75 Å². The van der Waals surface area contributed by atoms with Gasteiger partial charge in [-0.15, -0.1) is 0 Å². The average Bonchev–Trinajstić information content (AvgIpc) is 3.96. The summed E-state index contributed by atoms with van der Waals surface area (Å²) in [5.74, 6) is -0.194. The molecule has 7 rings (SSSR count). The third-order valence-electron chi connectivity index (χ3n) is 10.6. The molecule has 24 heteroatoms. The molecule has 1 aromatic carbocycles. The second-order valence-electron chi connectivity index (χ2n) is 15.1. The summed E-state index contributed by atoms with van der Waals surface area (Å²) in [6, 6.07) is 17.0. The molecule has 2 aliphatic rings. The van der Waals surface area contributed by atoms with Gasteiger partial charge in [-0.3, -0.25) is 9.32 Å². The molecule has 0 radical (unpaired) electrons. The van der Waals surface area contributed by atoms with Gasteiger partial charge in [0.15, 0.2) is 11.6 Å². The standard InChI is InChI=1S/C25H31N6O8P.C13H15N5O4/c1-15(2)37-23(33)16(3)30-40(35,39-17-8-6-5-7-9-17)36-12-19-21(32)24(4,34)25(13-26,38-19)20-11-10-18-22(27)28-14-29-31(18)20;1-12(21)10(20)8(4-19)22-13(12,5-14)9-3-2-7-11(15)16-6-17-18(7)9/h5-11,14-16,19,21,32,34H,12H2,1-4H3,(H,30,35)(H2,27,28,29);2-3,6,8,10,19-21H,4H2,1H3,(H2,15,16,17)/t16-,19+,21+,24+,25-,40-;8-,10-,12-,13+/m01/s1. The van der Waals surface area contributed by atoms with Crippen molar-refractivity contribution in [2.75, 3.05) is 24.7 Å². The van der Waals surface area contributed by atoms with Gasteiger partial charge in [-0.1, -0.05) is 18.2 Å². The number of hydrogen-bond donors (Lipinski definition) is 8. The number of hydrogen-bond acceptors (Lipinski definition) is 20. The number of benzene rings is 1. The molecule has 0 aliphatic carbocycles. The number of aliphatic hydroxyl groups is 5. The normalized spacial score (nSPS) is 29.6. The Hall–Kier alpha value is -5.82. The number of anilines is 2. The molecule has 2 saturated heterocycles. The molecule has 0 bridgehead atoms. The lowest BCUT2D eigenvalue weighted by Crippen LogP contribution is -2.52. The number of esters is 1. The predicted molar refractivity (Wildman–Crippen MR) is 214 cm³/mol. The summed E-state index contributed by atoms with van der Waals surface area (Å²) in [5.41, 5.74) is 4.54. The first-order valence-electron chi connectivity index (χ1n) is 19.0. The summed E-state index contributed by atoms with van der Waals surface area (Å²) >= 11 is 0. The monoisotopic (exact) mass is 879 g/mol. The molecule has 0 spiro atoms. The number of para-hydroxylation sites is 1. The Morgan fingerprint density at radius 3 is 1.81 bits per heavy atom. The molecule has 10 atom stereocenters. The topological polar surface area (TPSA) is 353 Å². The lowest BCUT2D eigenvalue weighted by molar-refractivity contribution is -0.149. The van der Waals surface area contributed by atoms with Crippen LogP contribution in [0.4, 0.5) is 11.6 Å². The number of nitriles is 2. The number of fused-ring (bicyclic) bond motifs is 2. The van der Waals surface area contributed by atoms with Gasteiger partial charge in [-0.25, -0.2) is 23.6 Å². The average molecular weight is 880 g/mol. The van der Waals surface area contributed by atoms with Gasteiger partial charge in [-0.05, 0) is 71.0 Å². The summed E-state index contributed by atoms with van der Waals surface area (Å²) < 4.78 is 44.3. The van der Waals surface area contributed by atoms with Gasteiger partial charge < -0.3 is 55.7 Å². The van der Waals surface area contributed by atoms with E-state index in [9.17, 15) is 45.4 Å². The van der Waals surface area contributed by atoms with Crippen LogP contribution < -0.4 is 21.1 Å². The van der Waals surface area contributed by atoms with E-state index < -0.39 is 85.9 Å². The summed E-state index contributed by atoms with van der Waals surface area (Å²) in [6.45, 7) is 6.12. The van der Waals surface area contributed by atoms with E-state index in [0.29, 0.717) is 11.0 Å². The molecule has 23 nitrogen and oxygen atoms in total. The number of nitrogen functional groups attached to an aromatic ring is 2. The number of carbonyl (C=O) groups excluding carboxylic acids is 1. The van der Waals surface area contributed by atoms with Crippen molar-refractivity contribution in [3.8, 4) is 17.9 Å². The maximum atomic E-state index is 13.8.